The topological polar surface area (TPSA) is 78.7 Å². The summed E-state index contributed by atoms with van der Waals surface area (Å²) >= 11 is 0. The molecular formula is C19H32N4O3. The van der Waals surface area contributed by atoms with Gasteiger partial charge in [0, 0.05) is 25.6 Å². The van der Waals surface area contributed by atoms with E-state index in [4.69, 9.17) is 4.52 Å². The van der Waals surface area contributed by atoms with Gasteiger partial charge in [-0.2, -0.15) is 0 Å². The van der Waals surface area contributed by atoms with E-state index < -0.39 is 0 Å². The van der Waals surface area contributed by atoms with Crippen molar-refractivity contribution in [2.45, 2.75) is 58.8 Å². The second kappa shape index (κ2) is 11.0. The van der Waals surface area contributed by atoms with Gasteiger partial charge in [-0.25, -0.2) is 0 Å². The Morgan fingerprint density at radius 2 is 2.04 bits per heavy atom. The highest BCUT2D eigenvalue weighted by Gasteiger charge is 2.19. The van der Waals surface area contributed by atoms with Gasteiger partial charge in [-0.15, -0.1) is 0 Å². The van der Waals surface area contributed by atoms with Crippen molar-refractivity contribution >= 4 is 17.6 Å². The predicted octanol–water partition coefficient (Wildman–Crippen LogP) is 2.82. The normalized spacial score (nSPS) is 15.0. The van der Waals surface area contributed by atoms with E-state index in [-0.39, 0.29) is 18.4 Å². The van der Waals surface area contributed by atoms with Crippen LogP contribution in [0.25, 0.3) is 0 Å². The lowest BCUT2D eigenvalue weighted by Crippen LogP contribution is -2.43. The van der Waals surface area contributed by atoms with E-state index in [1.807, 2.05) is 0 Å². The van der Waals surface area contributed by atoms with Crippen LogP contribution < -0.4 is 5.32 Å². The van der Waals surface area contributed by atoms with Crippen molar-refractivity contribution in [3.05, 3.63) is 11.8 Å². The van der Waals surface area contributed by atoms with Crippen LogP contribution in [-0.4, -0.2) is 59.5 Å². The molecule has 1 aliphatic heterocycles. The number of nitrogens with zero attached hydrogens (tertiary/aromatic N) is 3. The largest absolute Gasteiger partial charge is 0.360 e. The second-order valence-electron chi connectivity index (χ2n) is 7.05. The summed E-state index contributed by atoms with van der Waals surface area (Å²) in [5, 5.41) is 6.47. The average Bonchev–Trinajstić information content (AvgIpc) is 3.04. The first-order valence-electron chi connectivity index (χ1n) is 9.81. The van der Waals surface area contributed by atoms with Gasteiger partial charge in [-0.05, 0) is 39.3 Å². The van der Waals surface area contributed by atoms with Crippen molar-refractivity contribution in [3.8, 4) is 0 Å². The number of aromatic nitrogens is 1. The molecule has 146 valence electrons. The number of hydrogen-bond donors (Lipinski definition) is 1. The molecule has 0 aliphatic carbocycles. The highest BCUT2D eigenvalue weighted by Crippen LogP contribution is 2.10. The van der Waals surface area contributed by atoms with Crippen LogP contribution >= 0.6 is 0 Å². The molecule has 0 spiro atoms. The van der Waals surface area contributed by atoms with Crippen molar-refractivity contribution in [1.82, 2.24) is 15.0 Å². The minimum atomic E-state index is -0.235. The summed E-state index contributed by atoms with van der Waals surface area (Å²) < 4.78 is 4.96. The van der Waals surface area contributed by atoms with E-state index in [0.29, 0.717) is 24.5 Å². The maximum Gasteiger partial charge on any atom is 0.245 e. The maximum absolute atomic E-state index is 12.6. The maximum atomic E-state index is 12.6. The summed E-state index contributed by atoms with van der Waals surface area (Å²) in [6.45, 7) is 7.54. The highest BCUT2D eigenvalue weighted by molar-refractivity contribution is 5.93. The molecule has 1 fully saturated rings. The molecule has 1 N–H and O–H groups in total. The van der Waals surface area contributed by atoms with Gasteiger partial charge >= 0.3 is 0 Å². The minimum absolute atomic E-state index is 0.0574. The van der Waals surface area contributed by atoms with Gasteiger partial charge in [0.1, 0.15) is 5.76 Å². The van der Waals surface area contributed by atoms with Crippen LogP contribution in [-0.2, 0) is 9.59 Å². The zero-order valence-corrected chi connectivity index (χ0v) is 16.1. The van der Waals surface area contributed by atoms with Gasteiger partial charge in [0.25, 0.3) is 0 Å². The number of carbonyl (C=O) groups is 2. The number of unbranched alkanes of at least 4 members (excludes halogenated alkanes) is 2. The number of carbonyl (C=O) groups excluding carboxylic acids is 2. The molecule has 2 heterocycles. The smallest absolute Gasteiger partial charge is 0.245 e. The highest BCUT2D eigenvalue weighted by atomic mass is 16.5. The Labute approximate surface area is 156 Å². The number of nitrogens with one attached hydrogen (secondary N) is 1. The van der Waals surface area contributed by atoms with Crippen molar-refractivity contribution < 1.29 is 14.1 Å². The summed E-state index contributed by atoms with van der Waals surface area (Å²) in [6.07, 6.45) is 7.22. The van der Waals surface area contributed by atoms with E-state index in [1.165, 1.54) is 19.3 Å². The fourth-order valence-electron chi connectivity index (χ4n) is 3.20. The number of amides is 2. The Morgan fingerprint density at radius 1 is 1.27 bits per heavy atom. The molecular weight excluding hydrogens is 332 g/mol. The summed E-state index contributed by atoms with van der Waals surface area (Å²) in [6, 6.07) is 1.67. The van der Waals surface area contributed by atoms with E-state index in [9.17, 15) is 9.59 Å². The minimum Gasteiger partial charge on any atom is -0.360 e. The van der Waals surface area contributed by atoms with Gasteiger partial charge in [0.05, 0.1) is 6.54 Å². The molecule has 0 bridgehead atoms. The molecule has 2 amide bonds. The Balaban J connectivity index is 1.87. The monoisotopic (exact) mass is 364 g/mol. The fourth-order valence-corrected chi connectivity index (χ4v) is 3.20. The number of rotatable bonds is 10. The third-order valence-corrected chi connectivity index (χ3v) is 4.71. The zero-order valence-electron chi connectivity index (χ0n) is 16.1. The third-order valence-electron chi connectivity index (χ3n) is 4.71. The van der Waals surface area contributed by atoms with E-state index in [0.717, 1.165) is 38.9 Å². The van der Waals surface area contributed by atoms with E-state index >= 15 is 0 Å². The third kappa shape index (κ3) is 7.15. The van der Waals surface area contributed by atoms with Gasteiger partial charge in [-0.3, -0.25) is 9.59 Å². The number of anilines is 1. The Bertz CT molecular complexity index is 567. The molecule has 0 unspecified atom stereocenters. The summed E-state index contributed by atoms with van der Waals surface area (Å²) in [7, 11) is 0. The molecule has 2 rings (SSSR count). The van der Waals surface area contributed by atoms with E-state index in [1.54, 1.807) is 17.9 Å². The summed E-state index contributed by atoms with van der Waals surface area (Å²) in [5.41, 5.74) is 0. The number of hydrogen-bond acceptors (Lipinski definition) is 5. The lowest BCUT2D eigenvalue weighted by Gasteiger charge is -2.30. The Morgan fingerprint density at radius 3 is 2.69 bits per heavy atom. The molecule has 0 saturated carbocycles. The molecule has 7 heteroatoms. The van der Waals surface area contributed by atoms with Gasteiger partial charge in [-0.1, -0.05) is 31.3 Å². The van der Waals surface area contributed by atoms with Crippen LogP contribution in [0.1, 0.15) is 57.6 Å². The molecule has 1 saturated heterocycles. The van der Waals surface area contributed by atoms with Crippen LogP contribution in [0.3, 0.4) is 0 Å². The van der Waals surface area contributed by atoms with Crippen LogP contribution in [0.15, 0.2) is 10.6 Å². The van der Waals surface area contributed by atoms with Gasteiger partial charge in [0.2, 0.25) is 11.8 Å². The van der Waals surface area contributed by atoms with Crippen molar-refractivity contribution in [2.24, 2.45) is 0 Å². The first-order valence-corrected chi connectivity index (χ1v) is 9.81. The summed E-state index contributed by atoms with van der Waals surface area (Å²) in [5.74, 6) is 0.850. The molecule has 0 aromatic carbocycles. The van der Waals surface area contributed by atoms with Crippen LogP contribution in [0, 0.1) is 6.92 Å². The van der Waals surface area contributed by atoms with Gasteiger partial charge in [0.15, 0.2) is 5.82 Å². The first kappa shape index (κ1) is 20.4. The number of piperidine rings is 1. The van der Waals surface area contributed by atoms with Crippen molar-refractivity contribution in [2.75, 3.05) is 38.0 Å². The fraction of sp³-hybridized carbons (Fsp3) is 0.737. The molecule has 0 radical (unpaired) electrons. The summed E-state index contributed by atoms with van der Waals surface area (Å²) in [4.78, 5) is 29.0. The standard InChI is InChI=1S/C19H32N4O3/c1-3-4-6-9-19(25)23(13-12-22-10-7-5-8-11-22)15-18(24)20-17-14-16(2)26-21-17/h14H,3-13,15H2,1-2H3,(H,20,21,24). The average molecular weight is 364 g/mol. The zero-order chi connectivity index (χ0) is 18.8. The first-order chi connectivity index (χ1) is 12.6. The molecule has 1 aromatic rings. The molecule has 1 aromatic heterocycles. The second-order valence-corrected chi connectivity index (χ2v) is 7.05. The molecule has 1 aliphatic rings. The molecule has 0 atom stereocenters. The van der Waals surface area contributed by atoms with Crippen LogP contribution in [0.5, 0.6) is 0 Å². The van der Waals surface area contributed by atoms with Crippen molar-refractivity contribution in [1.29, 1.82) is 0 Å². The van der Waals surface area contributed by atoms with Crippen molar-refractivity contribution in [3.63, 3.8) is 0 Å². The lowest BCUT2D eigenvalue weighted by molar-refractivity contribution is -0.135. The molecule has 26 heavy (non-hydrogen) atoms. The number of likely N-dealkylation sites (tertiary alicyclic amines) is 1. The lowest BCUT2D eigenvalue weighted by atomic mass is 10.1. The Hall–Kier alpha value is -1.89. The SMILES string of the molecule is CCCCCC(=O)N(CCN1CCCCC1)CC(=O)Nc1cc(C)on1. The Kier molecular flexibility index (Phi) is 8.61. The van der Waals surface area contributed by atoms with Crippen LogP contribution in [0.2, 0.25) is 0 Å². The van der Waals surface area contributed by atoms with Crippen LogP contribution in [0.4, 0.5) is 5.82 Å². The predicted molar refractivity (Wildman–Crippen MR) is 101 cm³/mol. The molecule has 7 nitrogen and oxygen atoms in total. The van der Waals surface area contributed by atoms with Gasteiger partial charge < -0.3 is 19.6 Å². The van der Waals surface area contributed by atoms with E-state index in [2.05, 4.69) is 22.3 Å². The number of aryl methyl sites for hydroxylation is 1. The quantitative estimate of drug-likeness (QED) is 0.646.